The SMILES string of the molecule is Cc1cc([C@@H](C)Nc2ccccc2B2OC(C)(C)C(C)(C)O2)c2nc(N3CCOCC3)n(C)c(=O)c2c1. The average Bonchev–Trinajstić information content (AvgIpc) is 3.08. The maximum absolute atomic E-state index is 13.4. The van der Waals surface area contributed by atoms with Crippen LogP contribution in [-0.4, -0.2) is 54.2 Å². The molecule has 0 aliphatic carbocycles. The monoisotopic (exact) mass is 504 g/mol. The first kappa shape index (κ1) is 25.8. The second-order valence-corrected chi connectivity index (χ2v) is 11.2. The number of fused-ring (bicyclic) bond motifs is 1. The Morgan fingerprint density at radius 2 is 1.70 bits per heavy atom. The number of benzene rings is 2. The molecule has 2 aromatic carbocycles. The second-order valence-electron chi connectivity index (χ2n) is 11.2. The molecule has 5 rings (SSSR count). The van der Waals surface area contributed by atoms with Crippen LogP contribution in [0.3, 0.4) is 0 Å². The van der Waals surface area contributed by atoms with Gasteiger partial charge in [0.25, 0.3) is 5.56 Å². The zero-order valence-electron chi connectivity index (χ0n) is 22.9. The first-order valence-electron chi connectivity index (χ1n) is 13.0. The van der Waals surface area contributed by atoms with Crippen molar-refractivity contribution >= 4 is 35.1 Å². The van der Waals surface area contributed by atoms with Crippen molar-refractivity contribution in [3.63, 3.8) is 0 Å². The Hall–Kier alpha value is -2.88. The number of ether oxygens (including phenoxy) is 1. The molecule has 1 atom stereocenters. The lowest BCUT2D eigenvalue weighted by Gasteiger charge is -2.32. The average molecular weight is 504 g/mol. The number of rotatable bonds is 5. The van der Waals surface area contributed by atoms with Crippen LogP contribution >= 0.6 is 0 Å². The summed E-state index contributed by atoms with van der Waals surface area (Å²) in [5.74, 6) is 0.677. The van der Waals surface area contributed by atoms with Crippen LogP contribution in [0, 0.1) is 6.92 Å². The van der Waals surface area contributed by atoms with Gasteiger partial charge in [-0.2, -0.15) is 0 Å². The molecule has 2 aliphatic rings. The summed E-state index contributed by atoms with van der Waals surface area (Å²) in [5.41, 5.74) is 3.71. The number of hydrogen-bond acceptors (Lipinski definition) is 7. The first-order chi connectivity index (χ1) is 17.5. The summed E-state index contributed by atoms with van der Waals surface area (Å²) in [6.07, 6.45) is 0. The molecule has 0 amide bonds. The van der Waals surface area contributed by atoms with Gasteiger partial charge in [0.05, 0.1) is 41.4 Å². The zero-order valence-corrected chi connectivity index (χ0v) is 22.9. The van der Waals surface area contributed by atoms with Gasteiger partial charge in [-0.1, -0.05) is 24.3 Å². The minimum atomic E-state index is -0.478. The third-order valence-electron chi connectivity index (χ3n) is 7.93. The van der Waals surface area contributed by atoms with Gasteiger partial charge in [-0.05, 0) is 59.2 Å². The van der Waals surface area contributed by atoms with Crippen molar-refractivity contribution in [1.82, 2.24) is 9.55 Å². The first-order valence-corrected chi connectivity index (χ1v) is 13.0. The maximum Gasteiger partial charge on any atom is 0.496 e. The van der Waals surface area contributed by atoms with E-state index in [1.807, 2.05) is 37.3 Å². The predicted molar refractivity (Wildman–Crippen MR) is 149 cm³/mol. The Balaban J connectivity index is 1.53. The van der Waals surface area contributed by atoms with E-state index in [0.717, 1.165) is 27.8 Å². The van der Waals surface area contributed by atoms with E-state index in [4.69, 9.17) is 19.0 Å². The van der Waals surface area contributed by atoms with Crippen LogP contribution < -0.4 is 21.2 Å². The fourth-order valence-electron chi connectivity index (χ4n) is 5.03. The van der Waals surface area contributed by atoms with Crippen molar-refractivity contribution in [2.24, 2.45) is 7.05 Å². The maximum atomic E-state index is 13.4. The Morgan fingerprint density at radius 1 is 1.05 bits per heavy atom. The smallest absolute Gasteiger partial charge is 0.399 e. The van der Waals surface area contributed by atoms with Crippen LogP contribution in [-0.2, 0) is 21.1 Å². The van der Waals surface area contributed by atoms with E-state index in [1.165, 1.54) is 0 Å². The molecule has 3 aromatic rings. The van der Waals surface area contributed by atoms with E-state index in [2.05, 4.69) is 50.9 Å². The summed E-state index contributed by atoms with van der Waals surface area (Å²) in [6, 6.07) is 12.0. The Kier molecular flexibility index (Phi) is 6.58. The van der Waals surface area contributed by atoms with Crippen molar-refractivity contribution in [3.05, 3.63) is 57.9 Å². The summed E-state index contributed by atoms with van der Waals surface area (Å²) in [6.45, 7) is 15.0. The lowest BCUT2D eigenvalue weighted by atomic mass is 9.77. The number of nitrogens with zero attached hydrogens (tertiary/aromatic N) is 3. The highest BCUT2D eigenvalue weighted by atomic mass is 16.7. The highest BCUT2D eigenvalue weighted by Gasteiger charge is 2.52. The molecule has 0 unspecified atom stereocenters. The van der Waals surface area contributed by atoms with Crippen molar-refractivity contribution in [2.75, 3.05) is 36.5 Å². The normalized spacial score (nSPS) is 19.9. The molecule has 8 nitrogen and oxygen atoms in total. The highest BCUT2D eigenvalue weighted by molar-refractivity contribution is 6.64. The lowest BCUT2D eigenvalue weighted by molar-refractivity contribution is 0.00578. The summed E-state index contributed by atoms with van der Waals surface area (Å²) < 4.78 is 19.9. The van der Waals surface area contributed by atoms with Gasteiger partial charge in [-0.25, -0.2) is 4.98 Å². The number of aryl methyl sites for hydroxylation is 1. The lowest BCUT2D eigenvalue weighted by Crippen LogP contribution is -2.41. The minimum Gasteiger partial charge on any atom is -0.399 e. The molecule has 1 N–H and O–H groups in total. The Morgan fingerprint density at radius 3 is 2.38 bits per heavy atom. The van der Waals surface area contributed by atoms with Crippen LogP contribution in [0.2, 0.25) is 0 Å². The quantitative estimate of drug-likeness (QED) is 0.533. The molecule has 0 radical (unpaired) electrons. The number of nitrogens with one attached hydrogen (secondary N) is 1. The number of hydrogen-bond donors (Lipinski definition) is 1. The van der Waals surface area contributed by atoms with Crippen LogP contribution in [0.5, 0.6) is 0 Å². The van der Waals surface area contributed by atoms with E-state index in [9.17, 15) is 4.79 Å². The van der Waals surface area contributed by atoms with Gasteiger partial charge in [0, 0.05) is 36.9 Å². The van der Waals surface area contributed by atoms with E-state index in [1.54, 1.807) is 11.6 Å². The fourth-order valence-corrected chi connectivity index (χ4v) is 5.03. The van der Waals surface area contributed by atoms with Crippen LogP contribution in [0.25, 0.3) is 10.9 Å². The largest absolute Gasteiger partial charge is 0.496 e. The van der Waals surface area contributed by atoms with Gasteiger partial charge in [0.2, 0.25) is 5.95 Å². The molecule has 3 heterocycles. The number of para-hydroxylation sites is 1. The van der Waals surface area contributed by atoms with Gasteiger partial charge >= 0.3 is 7.12 Å². The topological polar surface area (TPSA) is 77.8 Å². The molecule has 2 aliphatic heterocycles. The fraction of sp³-hybridized carbons (Fsp3) is 0.500. The molecule has 2 fully saturated rings. The third kappa shape index (κ3) is 4.64. The van der Waals surface area contributed by atoms with Crippen LogP contribution in [0.1, 0.15) is 51.8 Å². The number of anilines is 2. The summed E-state index contributed by atoms with van der Waals surface area (Å²) >= 11 is 0. The van der Waals surface area contributed by atoms with E-state index < -0.39 is 18.3 Å². The van der Waals surface area contributed by atoms with Crippen LogP contribution in [0.15, 0.2) is 41.2 Å². The Labute approximate surface area is 219 Å². The van der Waals surface area contributed by atoms with Gasteiger partial charge in [0.1, 0.15) is 0 Å². The van der Waals surface area contributed by atoms with E-state index >= 15 is 0 Å². The number of aromatic nitrogens is 2. The molecule has 37 heavy (non-hydrogen) atoms. The summed E-state index contributed by atoms with van der Waals surface area (Å²) in [4.78, 5) is 20.6. The van der Waals surface area contributed by atoms with E-state index in [-0.39, 0.29) is 11.6 Å². The predicted octanol–water partition coefficient (Wildman–Crippen LogP) is 3.55. The van der Waals surface area contributed by atoms with Crippen molar-refractivity contribution in [3.8, 4) is 0 Å². The van der Waals surface area contributed by atoms with E-state index in [0.29, 0.717) is 37.6 Å². The molecule has 0 bridgehead atoms. The molecule has 0 saturated carbocycles. The van der Waals surface area contributed by atoms with Crippen molar-refractivity contribution in [1.29, 1.82) is 0 Å². The summed E-state index contributed by atoms with van der Waals surface area (Å²) in [5, 5.41) is 4.30. The number of morpholine rings is 1. The third-order valence-corrected chi connectivity index (χ3v) is 7.93. The molecule has 196 valence electrons. The van der Waals surface area contributed by atoms with Gasteiger partial charge in [0.15, 0.2) is 0 Å². The second kappa shape index (κ2) is 9.46. The molecular formula is C28H37BN4O4. The van der Waals surface area contributed by atoms with Crippen molar-refractivity contribution < 1.29 is 14.0 Å². The van der Waals surface area contributed by atoms with Crippen LogP contribution in [0.4, 0.5) is 11.6 Å². The van der Waals surface area contributed by atoms with Gasteiger partial charge < -0.3 is 24.3 Å². The Bertz CT molecular complexity index is 1360. The van der Waals surface area contributed by atoms with Gasteiger partial charge in [-0.15, -0.1) is 0 Å². The molecular weight excluding hydrogens is 467 g/mol. The van der Waals surface area contributed by atoms with Gasteiger partial charge in [-0.3, -0.25) is 9.36 Å². The molecule has 9 heteroatoms. The highest BCUT2D eigenvalue weighted by Crippen LogP contribution is 2.37. The molecule has 0 spiro atoms. The standard InChI is InChI=1S/C28H37BN4O4/c1-18-16-20(24-21(17-18)25(34)32(7)26(31-24)33-12-14-35-15-13-33)19(2)30-23-11-9-8-10-22(23)29-36-27(3,4)28(5,6)37-29/h8-11,16-17,19,30H,12-15H2,1-7H3/t19-/m1/s1. The summed E-state index contributed by atoms with van der Waals surface area (Å²) in [7, 11) is 1.32. The molecule has 1 aromatic heterocycles. The minimum absolute atomic E-state index is 0.0405. The zero-order chi connectivity index (χ0) is 26.5. The molecule has 2 saturated heterocycles. The van der Waals surface area contributed by atoms with Crippen molar-refractivity contribution in [2.45, 2.75) is 58.8 Å².